The van der Waals surface area contributed by atoms with E-state index in [-0.39, 0.29) is 24.8 Å². The molecule has 0 amide bonds. The summed E-state index contributed by atoms with van der Waals surface area (Å²) in [6.07, 6.45) is 12.4. The van der Waals surface area contributed by atoms with Crippen LogP contribution in [0.25, 0.3) is 0 Å². The fourth-order valence-corrected chi connectivity index (χ4v) is 3.86. The molecule has 4 heteroatoms. The Hall–Kier alpha value is -1.78. The van der Waals surface area contributed by atoms with Crippen LogP contribution in [0, 0.1) is 16.7 Å². The quantitative estimate of drug-likeness (QED) is 0.825. The van der Waals surface area contributed by atoms with Gasteiger partial charge in [0.2, 0.25) is 0 Å². The molecule has 0 fully saturated rings. The predicted octanol–water partition coefficient (Wildman–Crippen LogP) is 2.92. The van der Waals surface area contributed by atoms with Crippen LogP contribution in [-0.4, -0.2) is 35.0 Å². The van der Waals surface area contributed by atoms with Crippen LogP contribution < -0.4 is 0 Å². The van der Waals surface area contributed by atoms with E-state index in [1.165, 1.54) is 0 Å². The van der Waals surface area contributed by atoms with E-state index in [4.69, 9.17) is 0 Å². The zero-order valence-electron chi connectivity index (χ0n) is 15.3. The first-order valence-electron chi connectivity index (χ1n) is 8.79. The third-order valence-corrected chi connectivity index (χ3v) is 5.31. The van der Waals surface area contributed by atoms with Gasteiger partial charge in [0.05, 0.1) is 24.5 Å². The van der Waals surface area contributed by atoms with Crippen molar-refractivity contribution >= 4 is 11.6 Å². The van der Waals surface area contributed by atoms with Gasteiger partial charge in [-0.05, 0) is 30.9 Å². The van der Waals surface area contributed by atoms with Crippen LogP contribution in [0.4, 0.5) is 0 Å². The number of carbonyl (C=O) groups excluding carboxylic acids is 2. The van der Waals surface area contributed by atoms with Gasteiger partial charge in [-0.2, -0.15) is 0 Å². The highest BCUT2D eigenvalue weighted by atomic mass is 16.3. The van der Waals surface area contributed by atoms with Gasteiger partial charge in [0, 0.05) is 11.8 Å². The average Bonchev–Trinajstić information content (AvgIpc) is 2.56. The van der Waals surface area contributed by atoms with Gasteiger partial charge in [-0.1, -0.05) is 50.3 Å². The largest absolute Gasteiger partial charge is 0.392 e. The Bertz CT molecular complexity index is 663. The van der Waals surface area contributed by atoms with Crippen LogP contribution in [0.15, 0.2) is 47.6 Å². The lowest BCUT2D eigenvalue weighted by molar-refractivity contribution is -0.140. The Morgan fingerprint density at radius 1 is 1.12 bits per heavy atom. The molecule has 0 saturated heterocycles. The van der Waals surface area contributed by atoms with Crippen LogP contribution in [-0.2, 0) is 9.59 Å². The molecule has 2 aliphatic rings. The fraction of sp³-hybridized carbons (Fsp3) is 0.524. The Labute approximate surface area is 149 Å². The number of ketones is 2. The second-order valence-corrected chi connectivity index (χ2v) is 7.75. The molecule has 0 saturated carbocycles. The van der Waals surface area contributed by atoms with Gasteiger partial charge in [-0.3, -0.25) is 9.59 Å². The van der Waals surface area contributed by atoms with Gasteiger partial charge in [-0.15, -0.1) is 0 Å². The highest BCUT2D eigenvalue weighted by Gasteiger charge is 2.48. The van der Waals surface area contributed by atoms with E-state index in [9.17, 15) is 19.8 Å². The lowest BCUT2D eigenvalue weighted by Gasteiger charge is -2.40. The summed E-state index contributed by atoms with van der Waals surface area (Å²) in [7, 11) is 0. The first-order chi connectivity index (χ1) is 11.8. The summed E-state index contributed by atoms with van der Waals surface area (Å²) in [5.41, 5.74) is -0.438. The minimum atomic E-state index is -0.982. The normalized spacial score (nSPS) is 36.8. The van der Waals surface area contributed by atoms with Crippen molar-refractivity contribution in [2.75, 3.05) is 13.2 Å². The summed E-state index contributed by atoms with van der Waals surface area (Å²) in [5, 5.41) is 19.3. The minimum absolute atomic E-state index is 0.0215. The highest BCUT2D eigenvalue weighted by molar-refractivity contribution is 5.98. The number of Topliss-reactive ketones (excluding diaryl/α,β-unsaturated/α-hetero) is 2. The summed E-state index contributed by atoms with van der Waals surface area (Å²) < 4.78 is 0. The van der Waals surface area contributed by atoms with Crippen molar-refractivity contribution in [3.63, 3.8) is 0 Å². The second-order valence-electron chi connectivity index (χ2n) is 7.75. The van der Waals surface area contributed by atoms with Gasteiger partial charge in [0.25, 0.3) is 0 Å². The van der Waals surface area contributed by atoms with Crippen molar-refractivity contribution in [1.29, 1.82) is 0 Å². The molecule has 2 unspecified atom stereocenters. The first-order valence-corrected chi connectivity index (χ1v) is 8.79. The molecule has 0 bridgehead atoms. The molecule has 4 nitrogen and oxygen atoms in total. The number of rotatable bonds is 3. The number of allylic oxidation sites excluding steroid dienone is 5. The van der Waals surface area contributed by atoms with Gasteiger partial charge < -0.3 is 10.2 Å². The molecular formula is C21H28O4. The second kappa shape index (κ2) is 7.63. The summed E-state index contributed by atoms with van der Waals surface area (Å²) in [6.45, 7) is 5.10. The number of hydrogen-bond donors (Lipinski definition) is 2. The van der Waals surface area contributed by atoms with Gasteiger partial charge in [0.15, 0.2) is 0 Å². The van der Waals surface area contributed by atoms with Crippen LogP contribution in [0.3, 0.4) is 0 Å². The molecule has 2 rings (SSSR count). The van der Waals surface area contributed by atoms with Crippen LogP contribution in [0.5, 0.6) is 0 Å². The number of hydrogen-bond acceptors (Lipinski definition) is 4. The van der Waals surface area contributed by atoms with Gasteiger partial charge in [-0.25, -0.2) is 0 Å². The third-order valence-electron chi connectivity index (χ3n) is 5.31. The number of aliphatic hydroxyl groups excluding tert-OH is 2. The van der Waals surface area contributed by atoms with Crippen molar-refractivity contribution in [2.45, 2.75) is 40.0 Å². The Morgan fingerprint density at radius 3 is 2.48 bits per heavy atom. The summed E-state index contributed by atoms with van der Waals surface area (Å²) in [6, 6.07) is 0. The maximum absolute atomic E-state index is 13.4. The molecule has 0 heterocycles. The number of carbonyl (C=O) groups is 2. The van der Waals surface area contributed by atoms with Crippen molar-refractivity contribution in [3.05, 3.63) is 47.6 Å². The molecule has 0 radical (unpaired) electrons. The zero-order valence-corrected chi connectivity index (χ0v) is 15.3. The SMILES string of the molecule is CC1(C)C/C(CO)=C(CO)\C=C/C(C)(C2/C=C\C=C/CCC2=O)C1=O. The molecule has 0 aromatic rings. The third kappa shape index (κ3) is 3.91. The van der Waals surface area contributed by atoms with E-state index in [1.807, 2.05) is 45.1 Å². The van der Waals surface area contributed by atoms with Crippen LogP contribution in [0.2, 0.25) is 0 Å². The minimum Gasteiger partial charge on any atom is -0.392 e. The molecule has 2 atom stereocenters. The van der Waals surface area contributed by atoms with E-state index < -0.39 is 16.7 Å². The van der Waals surface area contributed by atoms with Crippen LogP contribution in [0.1, 0.15) is 40.0 Å². The predicted molar refractivity (Wildman–Crippen MR) is 97.9 cm³/mol. The Morgan fingerprint density at radius 2 is 1.84 bits per heavy atom. The molecule has 25 heavy (non-hydrogen) atoms. The average molecular weight is 344 g/mol. The van der Waals surface area contributed by atoms with Gasteiger partial charge in [0.1, 0.15) is 11.6 Å². The smallest absolute Gasteiger partial charge is 0.149 e. The molecular weight excluding hydrogens is 316 g/mol. The molecule has 0 aromatic heterocycles. The van der Waals surface area contributed by atoms with E-state index >= 15 is 0 Å². The number of aliphatic hydroxyl groups is 2. The van der Waals surface area contributed by atoms with E-state index in [0.29, 0.717) is 30.4 Å². The van der Waals surface area contributed by atoms with Gasteiger partial charge >= 0.3 is 0 Å². The lowest BCUT2D eigenvalue weighted by Crippen LogP contribution is -2.45. The maximum Gasteiger partial charge on any atom is 0.149 e. The van der Waals surface area contributed by atoms with E-state index in [2.05, 4.69) is 0 Å². The molecule has 0 aromatic carbocycles. The monoisotopic (exact) mass is 344 g/mol. The summed E-state index contributed by atoms with van der Waals surface area (Å²) in [5.74, 6) is -0.503. The highest BCUT2D eigenvalue weighted by Crippen LogP contribution is 2.44. The molecule has 136 valence electrons. The van der Waals surface area contributed by atoms with E-state index in [0.717, 1.165) is 0 Å². The summed E-state index contributed by atoms with van der Waals surface area (Å²) in [4.78, 5) is 26.1. The first kappa shape index (κ1) is 19.5. The summed E-state index contributed by atoms with van der Waals surface area (Å²) >= 11 is 0. The molecule has 0 aliphatic heterocycles. The molecule has 0 spiro atoms. The van der Waals surface area contributed by atoms with E-state index in [1.54, 1.807) is 12.2 Å². The van der Waals surface area contributed by atoms with Crippen LogP contribution >= 0.6 is 0 Å². The van der Waals surface area contributed by atoms with Crippen molar-refractivity contribution in [2.24, 2.45) is 16.7 Å². The fourth-order valence-electron chi connectivity index (χ4n) is 3.86. The van der Waals surface area contributed by atoms with Crippen molar-refractivity contribution in [3.8, 4) is 0 Å². The Balaban J connectivity index is 2.59. The molecule has 2 aliphatic carbocycles. The van der Waals surface area contributed by atoms with Crippen molar-refractivity contribution in [1.82, 2.24) is 0 Å². The molecule has 2 N–H and O–H groups in total. The Kier molecular flexibility index (Phi) is 5.96. The lowest BCUT2D eigenvalue weighted by atomic mass is 9.61. The topological polar surface area (TPSA) is 74.6 Å². The standard InChI is InChI=1S/C21H28O4/c1-20(2)12-16(14-23)15(13-22)10-11-21(3,19(20)25)17-8-6-4-5-7-9-18(17)24/h4-6,8,10-11,17,22-23H,7,9,12-14H2,1-3H3/b5-4-,8-6-,11-10-,16-15-. The maximum atomic E-state index is 13.4. The zero-order chi connectivity index (χ0) is 18.7. The van der Waals surface area contributed by atoms with Crippen molar-refractivity contribution < 1.29 is 19.8 Å².